The van der Waals surface area contributed by atoms with Gasteiger partial charge in [-0.1, -0.05) is 0 Å². The average Bonchev–Trinajstić information content (AvgIpc) is 2.86. The van der Waals surface area contributed by atoms with Crippen molar-refractivity contribution in [2.45, 2.75) is 13.5 Å². The Kier molecular flexibility index (Phi) is 4.06. The summed E-state index contributed by atoms with van der Waals surface area (Å²) < 4.78 is 12.5. The van der Waals surface area contributed by atoms with Crippen LogP contribution < -0.4 is 14.8 Å². The number of nitrogens with zero attached hydrogens (tertiary/aromatic N) is 3. The molecule has 0 unspecified atom stereocenters. The minimum Gasteiger partial charge on any atom is -0.497 e. The molecule has 0 aliphatic heterocycles. The summed E-state index contributed by atoms with van der Waals surface area (Å²) in [5, 5.41) is 8.82. The van der Waals surface area contributed by atoms with E-state index < -0.39 is 0 Å². The first-order chi connectivity index (χ1) is 11.1. The Hall–Kier alpha value is -2.76. The molecule has 1 N–H and O–H groups in total. The van der Waals surface area contributed by atoms with Crippen LogP contribution >= 0.6 is 0 Å². The summed E-state index contributed by atoms with van der Waals surface area (Å²) in [6.07, 6.45) is 1.82. The zero-order chi connectivity index (χ0) is 16.4. The van der Waals surface area contributed by atoms with E-state index in [4.69, 9.17) is 9.47 Å². The second-order valence-corrected chi connectivity index (χ2v) is 5.34. The number of hydrogen-bond acceptors (Lipinski definition) is 5. The minimum absolute atomic E-state index is 0.618. The van der Waals surface area contributed by atoms with Crippen LogP contribution in [0.15, 0.2) is 30.5 Å². The summed E-state index contributed by atoms with van der Waals surface area (Å²) in [7, 11) is 5.22. The van der Waals surface area contributed by atoms with Gasteiger partial charge in [0.1, 0.15) is 11.5 Å². The number of hydrogen-bond donors (Lipinski definition) is 1. The summed E-state index contributed by atoms with van der Waals surface area (Å²) >= 11 is 0. The van der Waals surface area contributed by atoms with E-state index in [1.807, 2.05) is 38.4 Å². The quantitative estimate of drug-likeness (QED) is 0.785. The zero-order valence-corrected chi connectivity index (χ0v) is 13.8. The molecule has 6 heteroatoms. The van der Waals surface area contributed by atoms with Crippen molar-refractivity contribution in [2.75, 3.05) is 19.5 Å². The van der Waals surface area contributed by atoms with Crippen LogP contribution in [-0.2, 0) is 13.6 Å². The fraction of sp³-hybridized carbons (Fsp3) is 0.294. The summed E-state index contributed by atoms with van der Waals surface area (Å²) in [6, 6.07) is 7.82. The largest absolute Gasteiger partial charge is 0.497 e. The van der Waals surface area contributed by atoms with Crippen molar-refractivity contribution in [1.82, 2.24) is 14.8 Å². The first-order valence-corrected chi connectivity index (χ1v) is 7.36. The standard InChI is InChI=1S/C17H20N4O2/c1-11-15-8-13(10-19-17(15)21(2)20-11)18-9-12-7-14(22-3)5-6-16(12)23-4/h5-8,10,18H,9H2,1-4H3. The van der Waals surface area contributed by atoms with Crippen LogP contribution in [0.3, 0.4) is 0 Å². The van der Waals surface area contributed by atoms with Crippen LogP contribution in [-0.4, -0.2) is 29.0 Å². The molecule has 6 nitrogen and oxygen atoms in total. The monoisotopic (exact) mass is 312 g/mol. The highest BCUT2D eigenvalue weighted by Crippen LogP contribution is 2.25. The number of fused-ring (bicyclic) bond motifs is 1. The molecule has 0 radical (unpaired) electrons. The molecule has 0 atom stereocenters. The highest BCUT2D eigenvalue weighted by atomic mass is 16.5. The van der Waals surface area contributed by atoms with E-state index in [-0.39, 0.29) is 0 Å². The van der Waals surface area contributed by atoms with Crippen molar-refractivity contribution >= 4 is 16.7 Å². The molecule has 2 heterocycles. The highest BCUT2D eigenvalue weighted by molar-refractivity contribution is 5.81. The summed E-state index contributed by atoms with van der Waals surface area (Å²) in [5.74, 6) is 1.63. The van der Waals surface area contributed by atoms with Gasteiger partial charge in [-0.25, -0.2) is 4.98 Å². The van der Waals surface area contributed by atoms with Gasteiger partial charge in [0.05, 0.1) is 31.8 Å². The Morgan fingerprint density at radius 3 is 2.74 bits per heavy atom. The molecule has 0 amide bonds. The van der Waals surface area contributed by atoms with Crippen molar-refractivity contribution in [3.05, 3.63) is 41.7 Å². The lowest BCUT2D eigenvalue weighted by Gasteiger charge is -2.12. The number of methoxy groups -OCH3 is 2. The van der Waals surface area contributed by atoms with E-state index in [0.29, 0.717) is 6.54 Å². The van der Waals surface area contributed by atoms with E-state index >= 15 is 0 Å². The third-order valence-electron chi connectivity index (χ3n) is 3.83. The number of rotatable bonds is 5. The molecule has 2 aromatic heterocycles. The van der Waals surface area contributed by atoms with E-state index in [0.717, 1.165) is 39.5 Å². The first-order valence-electron chi connectivity index (χ1n) is 7.36. The molecule has 1 aromatic carbocycles. The van der Waals surface area contributed by atoms with Gasteiger partial charge in [-0.2, -0.15) is 5.10 Å². The minimum atomic E-state index is 0.618. The van der Waals surface area contributed by atoms with Crippen LogP contribution in [0, 0.1) is 6.92 Å². The number of pyridine rings is 1. The van der Waals surface area contributed by atoms with Gasteiger partial charge in [-0.3, -0.25) is 4.68 Å². The lowest BCUT2D eigenvalue weighted by Crippen LogP contribution is -2.03. The molecule has 0 aliphatic rings. The van der Waals surface area contributed by atoms with Gasteiger partial charge in [0.15, 0.2) is 5.65 Å². The third-order valence-corrected chi connectivity index (χ3v) is 3.83. The smallest absolute Gasteiger partial charge is 0.157 e. The van der Waals surface area contributed by atoms with Crippen LogP contribution in [0.1, 0.15) is 11.3 Å². The Bertz CT molecular complexity index is 842. The molecule has 0 fully saturated rings. The maximum Gasteiger partial charge on any atom is 0.157 e. The van der Waals surface area contributed by atoms with E-state index in [1.54, 1.807) is 18.9 Å². The van der Waals surface area contributed by atoms with E-state index in [2.05, 4.69) is 21.5 Å². The van der Waals surface area contributed by atoms with Gasteiger partial charge < -0.3 is 14.8 Å². The second-order valence-electron chi connectivity index (χ2n) is 5.34. The molecule has 0 bridgehead atoms. The SMILES string of the molecule is COc1ccc(OC)c(CNc2cnc3c(c2)c(C)nn3C)c1. The first kappa shape index (κ1) is 15.1. The van der Waals surface area contributed by atoms with Gasteiger partial charge in [-0.05, 0) is 31.2 Å². The van der Waals surface area contributed by atoms with E-state index in [1.165, 1.54) is 0 Å². The molecule has 0 aliphatic carbocycles. The fourth-order valence-electron chi connectivity index (χ4n) is 2.62. The molecular formula is C17H20N4O2. The topological polar surface area (TPSA) is 61.2 Å². The highest BCUT2D eigenvalue weighted by Gasteiger charge is 2.08. The lowest BCUT2D eigenvalue weighted by molar-refractivity contribution is 0.399. The molecule has 3 rings (SSSR count). The maximum absolute atomic E-state index is 5.40. The van der Waals surface area contributed by atoms with Crippen molar-refractivity contribution in [3.63, 3.8) is 0 Å². The summed E-state index contributed by atoms with van der Waals surface area (Å²) in [4.78, 5) is 4.47. The Labute approximate surface area is 135 Å². The molecule has 3 aromatic rings. The average molecular weight is 312 g/mol. The van der Waals surface area contributed by atoms with Gasteiger partial charge in [0.25, 0.3) is 0 Å². The number of nitrogens with one attached hydrogen (secondary N) is 1. The van der Waals surface area contributed by atoms with Crippen molar-refractivity contribution in [3.8, 4) is 11.5 Å². The number of aryl methyl sites for hydroxylation is 2. The summed E-state index contributed by atoms with van der Waals surface area (Å²) in [5.41, 5.74) is 3.82. The van der Waals surface area contributed by atoms with Gasteiger partial charge in [0, 0.05) is 24.5 Å². The van der Waals surface area contributed by atoms with Crippen molar-refractivity contribution < 1.29 is 9.47 Å². The zero-order valence-electron chi connectivity index (χ0n) is 13.8. The Morgan fingerprint density at radius 2 is 2.00 bits per heavy atom. The normalized spacial score (nSPS) is 10.8. The van der Waals surface area contributed by atoms with E-state index in [9.17, 15) is 0 Å². The predicted molar refractivity (Wildman–Crippen MR) is 90.1 cm³/mol. The summed E-state index contributed by atoms with van der Waals surface area (Å²) in [6.45, 7) is 2.60. The maximum atomic E-state index is 5.40. The fourth-order valence-corrected chi connectivity index (χ4v) is 2.62. The number of ether oxygens (including phenoxy) is 2. The second kappa shape index (κ2) is 6.16. The van der Waals surface area contributed by atoms with Gasteiger partial charge in [0.2, 0.25) is 0 Å². The lowest BCUT2D eigenvalue weighted by atomic mass is 10.2. The van der Waals surface area contributed by atoms with Crippen LogP contribution in [0.2, 0.25) is 0 Å². The van der Waals surface area contributed by atoms with Gasteiger partial charge >= 0.3 is 0 Å². The molecular weight excluding hydrogens is 292 g/mol. The van der Waals surface area contributed by atoms with Crippen LogP contribution in [0.5, 0.6) is 11.5 Å². The number of anilines is 1. The molecule has 120 valence electrons. The van der Waals surface area contributed by atoms with Crippen molar-refractivity contribution in [2.24, 2.45) is 7.05 Å². The Morgan fingerprint density at radius 1 is 1.17 bits per heavy atom. The van der Waals surface area contributed by atoms with Crippen LogP contribution in [0.4, 0.5) is 5.69 Å². The molecule has 23 heavy (non-hydrogen) atoms. The molecule has 0 saturated heterocycles. The molecule has 0 spiro atoms. The molecule has 0 saturated carbocycles. The number of aromatic nitrogens is 3. The van der Waals surface area contributed by atoms with Crippen LogP contribution in [0.25, 0.3) is 11.0 Å². The van der Waals surface area contributed by atoms with Crippen molar-refractivity contribution in [1.29, 1.82) is 0 Å². The third kappa shape index (κ3) is 2.92. The predicted octanol–water partition coefficient (Wildman–Crippen LogP) is 2.91. The Balaban J connectivity index is 1.84. The van der Waals surface area contributed by atoms with Gasteiger partial charge in [-0.15, -0.1) is 0 Å². The number of benzene rings is 1.